The molecule has 0 bridgehead atoms. The molecule has 0 aromatic carbocycles. The fourth-order valence-corrected chi connectivity index (χ4v) is 1.80. The van der Waals surface area contributed by atoms with Crippen LogP contribution < -0.4 is 11.3 Å². The number of aromatic nitrogens is 3. The quantitative estimate of drug-likeness (QED) is 0.907. The Balaban J connectivity index is 2.43. The molecule has 0 aliphatic heterocycles. The van der Waals surface area contributed by atoms with Crippen LogP contribution in [0.3, 0.4) is 0 Å². The fraction of sp³-hybridized carbons (Fsp3) is 0.182. The molecule has 0 aliphatic rings. The lowest BCUT2D eigenvalue weighted by molar-refractivity contribution is 0.682. The van der Waals surface area contributed by atoms with Crippen molar-refractivity contribution in [2.75, 3.05) is 5.73 Å². The van der Waals surface area contributed by atoms with Crippen molar-refractivity contribution in [1.82, 2.24) is 14.5 Å². The highest BCUT2D eigenvalue weighted by molar-refractivity contribution is 9.10. The lowest BCUT2D eigenvalue weighted by atomic mass is 10.3. The second-order valence-corrected chi connectivity index (χ2v) is 4.48. The summed E-state index contributed by atoms with van der Waals surface area (Å²) >= 11 is 3.17. The third kappa shape index (κ3) is 2.52. The van der Waals surface area contributed by atoms with E-state index in [0.29, 0.717) is 22.5 Å². The predicted molar refractivity (Wildman–Crippen MR) is 68.7 cm³/mol. The van der Waals surface area contributed by atoms with Crippen LogP contribution in [0.15, 0.2) is 33.8 Å². The normalized spacial score (nSPS) is 10.5. The Labute approximate surface area is 106 Å². The topological polar surface area (TPSA) is 73.8 Å². The van der Waals surface area contributed by atoms with Crippen LogP contribution in [0.2, 0.25) is 0 Å². The van der Waals surface area contributed by atoms with E-state index in [9.17, 15) is 4.79 Å². The second-order valence-electron chi connectivity index (χ2n) is 3.63. The lowest BCUT2D eigenvalue weighted by Gasteiger charge is -2.09. The Morgan fingerprint density at radius 3 is 2.94 bits per heavy atom. The van der Waals surface area contributed by atoms with Gasteiger partial charge in [0.15, 0.2) is 0 Å². The monoisotopic (exact) mass is 294 g/mol. The number of aryl methyl sites for hydroxylation is 1. The molecule has 0 radical (unpaired) electrons. The molecule has 2 N–H and O–H groups in total. The van der Waals surface area contributed by atoms with E-state index in [2.05, 4.69) is 25.9 Å². The van der Waals surface area contributed by atoms with Crippen molar-refractivity contribution in [2.45, 2.75) is 13.5 Å². The van der Waals surface area contributed by atoms with Crippen LogP contribution in [-0.2, 0) is 6.54 Å². The average molecular weight is 295 g/mol. The summed E-state index contributed by atoms with van der Waals surface area (Å²) in [7, 11) is 0. The molecule has 5 nitrogen and oxygen atoms in total. The zero-order valence-corrected chi connectivity index (χ0v) is 10.8. The number of nitrogens with two attached hydrogens (primary N) is 1. The SMILES string of the molecule is Cc1ncc(Br)c(=O)n1Cc1cc(N)ccn1. The van der Waals surface area contributed by atoms with Gasteiger partial charge in [-0.05, 0) is 35.0 Å². The highest BCUT2D eigenvalue weighted by Crippen LogP contribution is 2.07. The molecule has 0 aliphatic carbocycles. The molecule has 2 aromatic heterocycles. The van der Waals surface area contributed by atoms with E-state index in [1.807, 2.05) is 0 Å². The van der Waals surface area contributed by atoms with E-state index in [1.165, 1.54) is 6.20 Å². The summed E-state index contributed by atoms with van der Waals surface area (Å²) < 4.78 is 1.98. The molecule has 0 fully saturated rings. The van der Waals surface area contributed by atoms with E-state index in [1.54, 1.807) is 29.8 Å². The smallest absolute Gasteiger partial charge is 0.268 e. The van der Waals surface area contributed by atoms with E-state index < -0.39 is 0 Å². The molecule has 0 saturated heterocycles. The number of anilines is 1. The largest absolute Gasteiger partial charge is 0.399 e. The van der Waals surface area contributed by atoms with Crippen LogP contribution in [0.1, 0.15) is 11.5 Å². The second kappa shape index (κ2) is 4.67. The van der Waals surface area contributed by atoms with Gasteiger partial charge in [0, 0.05) is 18.1 Å². The highest BCUT2D eigenvalue weighted by atomic mass is 79.9. The van der Waals surface area contributed by atoms with Gasteiger partial charge in [0.2, 0.25) is 0 Å². The summed E-state index contributed by atoms with van der Waals surface area (Å²) in [5.74, 6) is 0.641. The number of halogens is 1. The standard InChI is InChI=1S/C11H11BrN4O/c1-7-15-5-10(12)11(17)16(7)6-9-4-8(13)2-3-14-9/h2-5H,6H2,1H3,(H2,13,14). The number of pyridine rings is 1. The summed E-state index contributed by atoms with van der Waals surface area (Å²) in [6.07, 6.45) is 3.12. The number of rotatable bonds is 2. The molecule has 2 aromatic rings. The van der Waals surface area contributed by atoms with Crippen molar-refractivity contribution in [1.29, 1.82) is 0 Å². The summed E-state index contributed by atoms with van der Waals surface area (Å²) in [5, 5.41) is 0. The molecule has 2 heterocycles. The molecular weight excluding hydrogens is 284 g/mol. The first-order valence-corrected chi connectivity index (χ1v) is 5.79. The van der Waals surface area contributed by atoms with Crippen LogP contribution >= 0.6 is 15.9 Å². The Bertz CT molecular complexity index is 609. The highest BCUT2D eigenvalue weighted by Gasteiger charge is 2.06. The number of hydrogen-bond donors (Lipinski definition) is 1. The van der Waals surface area contributed by atoms with Crippen molar-refractivity contribution >= 4 is 21.6 Å². The lowest BCUT2D eigenvalue weighted by Crippen LogP contribution is -2.24. The van der Waals surface area contributed by atoms with Gasteiger partial charge in [-0.25, -0.2) is 4.98 Å². The first-order valence-electron chi connectivity index (χ1n) is 5.00. The zero-order chi connectivity index (χ0) is 12.4. The van der Waals surface area contributed by atoms with Crippen LogP contribution in [-0.4, -0.2) is 14.5 Å². The maximum absolute atomic E-state index is 11.9. The molecule has 0 spiro atoms. The van der Waals surface area contributed by atoms with Crippen molar-refractivity contribution in [2.24, 2.45) is 0 Å². The van der Waals surface area contributed by atoms with Gasteiger partial charge in [0.25, 0.3) is 5.56 Å². The van der Waals surface area contributed by atoms with Gasteiger partial charge in [0.1, 0.15) is 10.3 Å². The van der Waals surface area contributed by atoms with Gasteiger partial charge >= 0.3 is 0 Å². The van der Waals surface area contributed by atoms with Crippen LogP contribution in [0, 0.1) is 6.92 Å². The molecule has 2 rings (SSSR count). The van der Waals surface area contributed by atoms with Crippen LogP contribution in [0.4, 0.5) is 5.69 Å². The molecule has 0 saturated carbocycles. The Hall–Kier alpha value is -1.69. The third-order valence-electron chi connectivity index (χ3n) is 2.37. The zero-order valence-electron chi connectivity index (χ0n) is 9.22. The first kappa shape index (κ1) is 11.8. The van der Waals surface area contributed by atoms with Crippen LogP contribution in [0.25, 0.3) is 0 Å². The minimum absolute atomic E-state index is 0.123. The summed E-state index contributed by atoms with van der Waals surface area (Å²) in [4.78, 5) is 20.2. The van der Waals surface area contributed by atoms with Crippen molar-refractivity contribution < 1.29 is 0 Å². The average Bonchev–Trinajstić information content (AvgIpc) is 2.30. The summed E-state index contributed by atoms with van der Waals surface area (Å²) in [6.45, 7) is 2.14. The van der Waals surface area contributed by atoms with Gasteiger partial charge in [0.05, 0.1) is 12.2 Å². The predicted octanol–water partition coefficient (Wildman–Crippen LogP) is 1.34. The van der Waals surface area contributed by atoms with E-state index in [4.69, 9.17) is 5.73 Å². The van der Waals surface area contributed by atoms with Gasteiger partial charge in [-0.2, -0.15) is 0 Å². The van der Waals surface area contributed by atoms with E-state index in [-0.39, 0.29) is 5.56 Å². The maximum Gasteiger partial charge on any atom is 0.268 e. The van der Waals surface area contributed by atoms with Crippen molar-refractivity contribution in [3.8, 4) is 0 Å². The number of hydrogen-bond acceptors (Lipinski definition) is 4. The van der Waals surface area contributed by atoms with Gasteiger partial charge in [-0.15, -0.1) is 0 Å². The molecular formula is C11H11BrN4O. The number of nitrogen functional groups attached to an aromatic ring is 1. The number of nitrogens with zero attached hydrogens (tertiary/aromatic N) is 3. The van der Waals surface area contributed by atoms with Crippen molar-refractivity contribution in [3.63, 3.8) is 0 Å². The Kier molecular flexibility index (Phi) is 3.23. The molecule has 0 unspecified atom stereocenters. The minimum atomic E-state index is -0.123. The van der Waals surface area contributed by atoms with Gasteiger partial charge < -0.3 is 5.73 Å². The summed E-state index contributed by atoms with van der Waals surface area (Å²) in [6, 6.07) is 3.45. The Morgan fingerprint density at radius 1 is 1.47 bits per heavy atom. The fourth-order valence-electron chi connectivity index (χ4n) is 1.48. The molecule has 88 valence electrons. The summed E-state index contributed by atoms with van der Waals surface area (Å²) in [5.41, 5.74) is 6.90. The first-order chi connectivity index (χ1) is 8.08. The molecule has 0 atom stereocenters. The van der Waals surface area contributed by atoms with Gasteiger partial charge in [-0.1, -0.05) is 0 Å². The molecule has 17 heavy (non-hydrogen) atoms. The third-order valence-corrected chi connectivity index (χ3v) is 2.91. The molecule has 6 heteroatoms. The van der Waals surface area contributed by atoms with Crippen molar-refractivity contribution in [3.05, 3.63) is 50.9 Å². The van der Waals surface area contributed by atoms with E-state index in [0.717, 1.165) is 5.69 Å². The van der Waals surface area contributed by atoms with Gasteiger partial charge in [-0.3, -0.25) is 14.3 Å². The Morgan fingerprint density at radius 2 is 2.24 bits per heavy atom. The molecule has 0 amide bonds. The minimum Gasteiger partial charge on any atom is -0.399 e. The maximum atomic E-state index is 11.9. The van der Waals surface area contributed by atoms with Crippen LogP contribution in [0.5, 0.6) is 0 Å². The van der Waals surface area contributed by atoms with E-state index >= 15 is 0 Å².